The topological polar surface area (TPSA) is 36.0 Å². The second-order valence-electron chi connectivity index (χ2n) is 13.0. The van der Waals surface area contributed by atoms with Crippen molar-refractivity contribution >= 4 is 33.7 Å². The molecule has 0 bridgehead atoms. The zero-order chi connectivity index (χ0) is 35.1. The summed E-state index contributed by atoms with van der Waals surface area (Å²) in [6, 6.07) is 43.6. The second-order valence-corrected chi connectivity index (χ2v) is 13.0. The number of hydrogen-bond acceptors (Lipinski definition) is 4. The minimum atomic E-state index is -0.948. The average molecular weight is 668 g/mol. The van der Waals surface area contributed by atoms with E-state index in [0.29, 0.717) is 5.56 Å². The summed E-state index contributed by atoms with van der Waals surface area (Å²) in [7, 11) is 0. The summed E-state index contributed by atoms with van der Waals surface area (Å²) in [5.41, 5.74) is 7.44. The van der Waals surface area contributed by atoms with Crippen molar-refractivity contribution in [2.45, 2.75) is 33.2 Å². The number of carbonyl (C=O) groups is 1. The number of benzene rings is 6. The van der Waals surface area contributed by atoms with Crippen LogP contribution in [-0.4, -0.2) is 32.1 Å². The predicted molar refractivity (Wildman–Crippen MR) is 210 cm³/mol. The highest BCUT2D eigenvalue weighted by Gasteiger charge is 2.57. The largest absolute Gasteiger partial charge is 0.456 e. The Morgan fingerprint density at radius 3 is 1.84 bits per heavy atom. The van der Waals surface area contributed by atoms with Crippen molar-refractivity contribution in [2.24, 2.45) is 0 Å². The monoisotopic (exact) mass is 667 g/mol. The summed E-state index contributed by atoms with van der Waals surface area (Å²) in [4.78, 5) is 21.4. The molecule has 0 N–H and O–H groups in total. The minimum absolute atomic E-state index is 0.0420. The fourth-order valence-corrected chi connectivity index (χ4v) is 8.01. The van der Waals surface area contributed by atoms with Crippen molar-refractivity contribution in [2.75, 3.05) is 40.9 Å². The van der Waals surface area contributed by atoms with Crippen molar-refractivity contribution in [1.29, 1.82) is 0 Å². The maximum atomic E-state index is 14.8. The summed E-state index contributed by atoms with van der Waals surface area (Å²) < 4.78 is 6.87. The van der Waals surface area contributed by atoms with Gasteiger partial charge in [-0.05, 0) is 87.0 Å². The molecule has 0 aliphatic carbocycles. The Balaban J connectivity index is 1.31. The highest BCUT2D eigenvalue weighted by molar-refractivity contribution is 6.14. The van der Waals surface area contributed by atoms with E-state index in [9.17, 15) is 4.79 Å². The summed E-state index contributed by atoms with van der Waals surface area (Å²) in [6.45, 7) is 12.2. The van der Waals surface area contributed by atoms with Crippen LogP contribution in [0, 0.1) is 11.8 Å². The number of anilines is 3. The molecule has 2 heterocycles. The van der Waals surface area contributed by atoms with E-state index in [4.69, 9.17) is 4.74 Å². The second kappa shape index (κ2) is 13.0. The molecule has 8 rings (SSSR count). The van der Waals surface area contributed by atoms with Gasteiger partial charge in [-0.3, -0.25) is 9.69 Å². The van der Waals surface area contributed by atoms with Crippen molar-refractivity contribution in [3.05, 3.63) is 161 Å². The fraction of sp³-hybridized carbons (Fsp3) is 0.196. The van der Waals surface area contributed by atoms with E-state index in [2.05, 4.69) is 116 Å². The standard InChI is InChI=1S/C46H41N3O2/c1-5-47(6-2)36-26-28-41-43(30-36)51-44-31-37(48(7-3)8-4)27-29-42(44)46(41)40-19-12-11-18-39(40)45(50)49(46)35-24-21-32(22-25-35)20-23-34-16-13-15-33-14-9-10-17-38(33)34/h9-19,21-22,24-31H,5-8H2,1-4H3. The summed E-state index contributed by atoms with van der Waals surface area (Å²) in [6.07, 6.45) is 0. The molecule has 1 amide bonds. The van der Waals surface area contributed by atoms with Crippen LogP contribution in [0.3, 0.4) is 0 Å². The molecular formula is C46H41N3O2. The molecule has 0 fully saturated rings. The van der Waals surface area contributed by atoms with Gasteiger partial charge >= 0.3 is 0 Å². The molecule has 0 atom stereocenters. The van der Waals surface area contributed by atoms with Gasteiger partial charge in [-0.25, -0.2) is 0 Å². The van der Waals surface area contributed by atoms with Crippen LogP contribution in [0.25, 0.3) is 10.8 Å². The van der Waals surface area contributed by atoms with Crippen LogP contribution in [-0.2, 0) is 5.54 Å². The van der Waals surface area contributed by atoms with Gasteiger partial charge in [0.25, 0.3) is 5.91 Å². The van der Waals surface area contributed by atoms with Crippen molar-refractivity contribution in [1.82, 2.24) is 0 Å². The van der Waals surface area contributed by atoms with E-state index in [1.807, 2.05) is 65.6 Å². The van der Waals surface area contributed by atoms with Gasteiger partial charge in [0.15, 0.2) is 0 Å². The Morgan fingerprint density at radius 2 is 1.20 bits per heavy atom. The maximum Gasteiger partial charge on any atom is 0.260 e. The number of amides is 1. The zero-order valence-electron chi connectivity index (χ0n) is 29.6. The third-order valence-electron chi connectivity index (χ3n) is 10.5. The molecule has 0 aromatic heterocycles. The molecule has 0 unspecified atom stereocenters. The highest BCUT2D eigenvalue weighted by atomic mass is 16.5. The molecule has 252 valence electrons. The molecule has 6 aromatic rings. The zero-order valence-corrected chi connectivity index (χ0v) is 29.6. The summed E-state index contributed by atoms with van der Waals surface area (Å²) in [5.74, 6) is 8.24. The smallest absolute Gasteiger partial charge is 0.260 e. The lowest BCUT2D eigenvalue weighted by atomic mass is 9.74. The first kappa shape index (κ1) is 32.2. The van der Waals surface area contributed by atoms with Crippen LogP contribution in [0.1, 0.15) is 65.9 Å². The van der Waals surface area contributed by atoms with Gasteiger partial charge in [-0.2, -0.15) is 0 Å². The SMILES string of the molecule is CCN(CC)c1ccc2c(c1)Oc1cc(N(CC)CC)ccc1C21c2ccccc2C(=O)N1c1ccc(C#Cc2cccc3ccccc23)cc1. The Morgan fingerprint density at radius 1 is 0.608 bits per heavy atom. The third kappa shape index (κ3) is 5.13. The quantitative estimate of drug-likeness (QED) is 0.159. The molecular weight excluding hydrogens is 627 g/mol. The first-order valence-corrected chi connectivity index (χ1v) is 18.0. The van der Waals surface area contributed by atoms with Gasteiger partial charge in [0.2, 0.25) is 0 Å². The normalized spacial score (nSPS) is 13.6. The number of fused-ring (bicyclic) bond motifs is 7. The molecule has 1 spiro atoms. The Bertz CT molecular complexity index is 2270. The number of hydrogen-bond donors (Lipinski definition) is 0. The number of ether oxygens (including phenoxy) is 1. The van der Waals surface area contributed by atoms with E-state index < -0.39 is 5.54 Å². The first-order chi connectivity index (χ1) is 25.0. The van der Waals surface area contributed by atoms with Crippen LogP contribution in [0.4, 0.5) is 17.1 Å². The lowest BCUT2D eigenvalue weighted by Crippen LogP contribution is -2.47. The third-order valence-corrected chi connectivity index (χ3v) is 10.5. The molecule has 6 aromatic carbocycles. The van der Waals surface area contributed by atoms with E-state index in [1.165, 1.54) is 5.39 Å². The molecule has 0 saturated heterocycles. The van der Waals surface area contributed by atoms with Crippen LogP contribution >= 0.6 is 0 Å². The van der Waals surface area contributed by atoms with Crippen LogP contribution in [0.15, 0.2) is 127 Å². The van der Waals surface area contributed by atoms with Crippen LogP contribution < -0.4 is 19.4 Å². The average Bonchev–Trinajstić information content (AvgIpc) is 3.43. The Hall–Kier alpha value is -5.99. The molecule has 2 aliphatic rings. The van der Waals surface area contributed by atoms with Crippen molar-refractivity contribution in [3.63, 3.8) is 0 Å². The minimum Gasteiger partial charge on any atom is -0.456 e. The van der Waals surface area contributed by atoms with Gasteiger partial charge in [0, 0.05) is 88.8 Å². The molecule has 51 heavy (non-hydrogen) atoms. The predicted octanol–water partition coefficient (Wildman–Crippen LogP) is 9.99. The molecule has 0 radical (unpaired) electrons. The maximum absolute atomic E-state index is 14.8. The van der Waals surface area contributed by atoms with Crippen LogP contribution in [0.2, 0.25) is 0 Å². The van der Waals surface area contributed by atoms with E-state index >= 15 is 0 Å². The molecule has 5 heteroatoms. The van der Waals surface area contributed by atoms with Gasteiger partial charge in [-0.1, -0.05) is 78.6 Å². The van der Waals surface area contributed by atoms with E-state index in [0.717, 1.165) is 87.9 Å². The first-order valence-electron chi connectivity index (χ1n) is 18.0. The fourth-order valence-electron chi connectivity index (χ4n) is 8.01. The van der Waals surface area contributed by atoms with Gasteiger partial charge in [-0.15, -0.1) is 0 Å². The van der Waals surface area contributed by atoms with Gasteiger partial charge in [0.1, 0.15) is 17.0 Å². The number of nitrogens with zero attached hydrogens (tertiary/aromatic N) is 3. The lowest BCUT2D eigenvalue weighted by Gasteiger charge is -2.44. The van der Waals surface area contributed by atoms with Crippen molar-refractivity contribution in [3.8, 4) is 23.3 Å². The highest BCUT2D eigenvalue weighted by Crippen LogP contribution is 2.59. The summed E-state index contributed by atoms with van der Waals surface area (Å²) in [5, 5.41) is 2.30. The van der Waals surface area contributed by atoms with Crippen molar-refractivity contribution < 1.29 is 9.53 Å². The van der Waals surface area contributed by atoms with E-state index in [1.54, 1.807) is 0 Å². The van der Waals surface area contributed by atoms with Crippen LogP contribution in [0.5, 0.6) is 11.5 Å². The lowest BCUT2D eigenvalue weighted by molar-refractivity contribution is 0.0985. The van der Waals surface area contributed by atoms with Gasteiger partial charge in [0.05, 0.1) is 0 Å². The molecule has 0 saturated carbocycles. The summed E-state index contributed by atoms with van der Waals surface area (Å²) >= 11 is 0. The Labute approximate surface area is 300 Å². The van der Waals surface area contributed by atoms with E-state index in [-0.39, 0.29) is 5.91 Å². The molecule has 5 nitrogen and oxygen atoms in total. The van der Waals surface area contributed by atoms with Gasteiger partial charge < -0.3 is 14.5 Å². The number of rotatable bonds is 7. The Kier molecular flexibility index (Phi) is 8.24. The number of carbonyl (C=O) groups excluding carboxylic acids is 1. The molecule has 2 aliphatic heterocycles.